The molecule has 3 nitrogen and oxygen atoms in total. The molecule has 0 saturated carbocycles. The second-order valence-corrected chi connectivity index (χ2v) is 4.87. The molecule has 0 spiro atoms. The molecule has 1 rings (SSSR count). The molecular formula is C8H7BrN2OS. The second-order valence-electron chi connectivity index (χ2n) is 2.32. The average Bonchev–Trinajstić information content (AvgIpc) is 2.51. The van der Waals surface area contributed by atoms with Crippen LogP contribution in [0.3, 0.4) is 0 Å². The van der Waals surface area contributed by atoms with E-state index in [1.807, 2.05) is 12.1 Å². The lowest BCUT2D eigenvalue weighted by Crippen LogP contribution is -2.23. The van der Waals surface area contributed by atoms with Crippen LogP contribution in [0.1, 0.15) is 4.88 Å². The van der Waals surface area contributed by atoms with Gasteiger partial charge in [0.25, 0.3) is 0 Å². The number of amides is 1. The number of nitrogens with one attached hydrogen (secondary N) is 1. The van der Waals surface area contributed by atoms with Crippen LogP contribution in [0.25, 0.3) is 0 Å². The van der Waals surface area contributed by atoms with Crippen molar-refractivity contribution in [2.75, 3.05) is 6.54 Å². The van der Waals surface area contributed by atoms with Crippen molar-refractivity contribution in [1.29, 1.82) is 5.26 Å². The molecule has 0 aliphatic heterocycles. The molecule has 1 aromatic rings. The van der Waals surface area contributed by atoms with Crippen LogP contribution in [0.15, 0.2) is 15.9 Å². The van der Waals surface area contributed by atoms with Crippen molar-refractivity contribution in [2.24, 2.45) is 0 Å². The van der Waals surface area contributed by atoms with Gasteiger partial charge in [-0.05, 0) is 34.5 Å². The summed E-state index contributed by atoms with van der Waals surface area (Å²) < 4.78 is 1.08. The summed E-state index contributed by atoms with van der Waals surface area (Å²) in [4.78, 5) is 11.7. The highest BCUT2D eigenvalue weighted by atomic mass is 79.9. The van der Waals surface area contributed by atoms with Crippen molar-refractivity contribution in [2.45, 2.75) is 6.42 Å². The van der Waals surface area contributed by atoms with Crippen LogP contribution < -0.4 is 5.32 Å². The molecule has 0 atom stereocenters. The summed E-state index contributed by atoms with van der Waals surface area (Å²) in [5.41, 5.74) is 0. The number of nitrogens with zero attached hydrogens (tertiary/aromatic N) is 1. The van der Waals surface area contributed by atoms with Crippen LogP contribution in [-0.2, 0) is 11.2 Å². The Morgan fingerprint density at radius 1 is 1.69 bits per heavy atom. The third kappa shape index (κ3) is 3.57. The van der Waals surface area contributed by atoms with E-state index in [0.29, 0.717) is 6.54 Å². The van der Waals surface area contributed by atoms with Crippen molar-refractivity contribution in [3.63, 3.8) is 0 Å². The Bertz CT molecular complexity index is 342. The number of nitriles is 1. The molecule has 68 valence electrons. The van der Waals surface area contributed by atoms with Gasteiger partial charge in [0.05, 0.1) is 3.79 Å². The number of carbonyl (C=O) groups excluding carboxylic acids is 1. The minimum absolute atomic E-state index is 0.513. The predicted octanol–water partition coefficient (Wildman–Crippen LogP) is 1.69. The highest BCUT2D eigenvalue weighted by Crippen LogP contribution is 2.21. The Balaban J connectivity index is 2.29. The Morgan fingerprint density at radius 2 is 2.46 bits per heavy atom. The summed E-state index contributed by atoms with van der Waals surface area (Å²) in [6, 6.07) is 5.46. The van der Waals surface area contributed by atoms with Crippen LogP contribution in [0.2, 0.25) is 0 Å². The monoisotopic (exact) mass is 258 g/mol. The molecule has 1 N–H and O–H groups in total. The highest BCUT2D eigenvalue weighted by molar-refractivity contribution is 9.11. The minimum atomic E-state index is -0.573. The summed E-state index contributed by atoms with van der Waals surface area (Å²) in [5.74, 6) is -0.573. The van der Waals surface area contributed by atoms with E-state index in [0.717, 1.165) is 10.2 Å². The van der Waals surface area contributed by atoms with Gasteiger partial charge in [-0.25, -0.2) is 0 Å². The van der Waals surface area contributed by atoms with E-state index >= 15 is 0 Å². The number of thiophene rings is 1. The maximum Gasteiger partial charge on any atom is 0.322 e. The Hall–Kier alpha value is -0.860. The van der Waals surface area contributed by atoms with Crippen molar-refractivity contribution in [1.82, 2.24) is 5.32 Å². The first-order valence-corrected chi connectivity index (χ1v) is 5.25. The lowest BCUT2D eigenvalue weighted by molar-refractivity contribution is -0.115. The normalized spacial score (nSPS) is 9.23. The van der Waals surface area contributed by atoms with E-state index in [4.69, 9.17) is 5.26 Å². The SMILES string of the molecule is N#CC(=O)NCCc1ccc(Br)s1. The van der Waals surface area contributed by atoms with Crippen LogP contribution >= 0.6 is 27.3 Å². The van der Waals surface area contributed by atoms with Crippen molar-refractivity contribution in [3.05, 3.63) is 20.8 Å². The lowest BCUT2D eigenvalue weighted by atomic mass is 10.3. The number of hydrogen-bond donors (Lipinski definition) is 1. The Labute approximate surface area is 88.5 Å². The molecular weight excluding hydrogens is 252 g/mol. The third-order valence-corrected chi connectivity index (χ3v) is 3.07. The van der Waals surface area contributed by atoms with Gasteiger partial charge in [0.2, 0.25) is 0 Å². The van der Waals surface area contributed by atoms with Gasteiger partial charge in [-0.15, -0.1) is 11.3 Å². The van der Waals surface area contributed by atoms with E-state index in [2.05, 4.69) is 21.2 Å². The molecule has 0 aliphatic carbocycles. The predicted molar refractivity (Wildman–Crippen MR) is 54.3 cm³/mol. The average molecular weight is 259 g/mol. The zero-order valence-electron chi connectivity index (χ0n) is 6.71. The van der Waals surface area contributed by atoms with Crippen LogP contribution in [0.5, 0.6) is 0 Å². The third-order valence-electron chi connectivity index (χ3n) is 1.39. The number of rotatable bonds is 3. The fraction of sp³-hybridized carbons (Fsp3) is 0.250. The van der Waals surface area contributed by atoms with Gasteiger partial charge in [-0.2, -0.15) is 5.26 Å². The van der Waals surface area contributed by atoms with Crippen molar-refractivity contribution >= 4 is 33.2 Å². The van der Waals surface area contributed by atoms with Gasteiger partial charge in [-0.1, -0.05) is 0 Å². The molecule has 0 radical (unpaired) electrons. The first kappa shape index (κ1) is 10.2. The van der Waals surface area contributed by atoms with Crippen LogP contribution in [-0.4, -0.2) is 12.5 Å². The summed E-state index contributed by atoms with van der Waals surface area (Å²) in [6.45, 7) is 0.513. The smallest absolute Gasteiger partial charge is 0.322 e. The minimum Gasteiger partial charge on any atom is -0.343 e. The molecule has 5 heteroatoms. The fourth-order valence-electron chi connectivity index (χ4n) is 0.825. The summed E-state index contributed by atoms with van der Waals surface area (Å²) in [7, 11) is 0. The molecule has 1 amide bonds. The number of halogens is 1. The van der Waals surface area contributed by atoms with Gasteiger partial charge in [0.1, 0.15) is 0 Å². The molecule has 0 saturated heterocycles. The summed E-state index contributed by atoms with van der Waals surface area (Å²) in [6.07, 6.45) is 0.768. The quantitative estimate of drug-likeness (QED) is 0.840. The summed E-state index contributed by atoms with van der Waals surface area (Å²) in [5, 5.41) is 10.7. The fourth-order valence-corrected chi connectivity index (χ4v) is 2.31. The van der Waals surface area contributed by atoms with Gasteiger partial charge < -0.3 is 5.32 Å². The standard InChI is InChI=1S/C8H7BrN2OS/c9-7-2-1-6(13-7)3-4-11-8(12)5-10/h1-2H,3-4H2,(H,11,12). The zero-order valence-corrected chi connectivity index (χ0v) is 9.11. The van der Waals surface area contributed by atoms with Gasteiger partial charge in [0, 0.05) is 11.4 Å². The maximum absolute atomic E-state index is 10.5. The van der Waals surface area contributed by atoms with Crippen LogP contribution in [0.4, 0.5) is 0 Å². The molecule has 1 aromatic heterocycles. The summed E-state index contributed by atoms with van der Waals surface area (Å²) >= 11 is 4.97. The topological polar surface area (TPSA) is 52.9 Å². The maximum atomic E-state index is 10.5. The highest BCUT2D eigenvalue weighted by Gasteiger charge is 1.99. The second kappa shape index (κ2) is 5.00. The molecule has 0 bridgehead atoms. The van der Waals surface area contributed by atoms with E-state index in [-0.39, 0.29) is 0 Å². The van der Waals surface area contributed by atoms with Gasteiger partial charge >= 0.3 is 5.91 Å². The Morgan fingerprint density at radius 3 is 3.00 bits per heavy atom. The van der Waals surface area contributed by atoms with Crippen molar-refractivity contribution in [3.8, 4) is 6.07 Å². The van der Waals surface area contributed by atoms with E-state index in [1.165, 1.54) is 10.9 Å². The molecule has 0 aliphatic rings. The van der Waals surface area contributed by atoms with Crippen molar-refractivity contribution < 1.29 is 4.79 Å². The lowest BCUT2D eigenvalue weighted by Gasteiger charge is -1.96. The number of hydrogen-bond acceptors (Lipinski definition) is 3. The first-order chi connectivity index (χ1) is 6.22. The van der Waals surface area contributed by atoms with E-state index < -0.39 is 5.91 Å². The molecule has 0 fully saturated rings. The van der Waals surface area contributed by atoms with Gasteiger partial charge in [-0.3, -0.25) is 4.79 Å². The Kier molecular flexibility index (Phi) is 3.93. The molecule has 13 heavy (non-hydrogen) atoms. The van der Waals surface area contributed by atoms with Crippen LogP contribution in [0, 0.1) is 11.3 Å². The van der Waals surface area contributed by atoms with E-state index in [1.54, 1.807) is 11.3 Å². The number of carbonyl (C=O) groups is 1. The largest absolute Gasteiger partial charge is 0.343 e. The molecule has 0 unspecified atom stereocenters. The zero-order chi connectivity index (χ0) is 9.68. The molecule has 0 aromatic carbocycles. The molecule has 1 heterocycles. The van der Waals surface area contributed by atoms with Gasteiger partial charge in [0.15, 0.2) is 6.07 Å². The first-order valence-electron chi connectivity index (χ1n) is 3.64. The van der Waals surface area contributed by atoms with E-state index in [9.17, 15) is 4.79 Å².